The molecule has 2 aliphatic heterocycles. The third-order valence-corrected chi connectivity index (χ3v) is 5.54. The summed E-state index contributed by atoms with van der Waals surface area (Å²) in [6.07, 6.45) is 1.32. The largest absolute Gasteiger partial charge is 0.315 e. The summed E-state index contributed by atoms with van der Waals surface area (Å²) in [6.45, 7) is 6.02. The minimum atomic E-state index is -0.434. The molecule has 0 bridgehead atoms. The monoisotopic (exact) mass is 309 g/mol. The molecule has 3 heterocycles. The molecular formula is C13H19N5O2S. The summed E-state index contributed by atoms with van der Waals surface area (Å²) < 4.78 is 0. The van der Waals surface area contributed by atoms with Gasteiger partial charge in [-0.15, -0.1) is 16.9 Å². The smallest absolute Gasteiger partial charge is 0.250 e. The van der Waals surface area contributed by atoms with Crippen molar-refractivity contribution in [2.24, 2.45) is 0 Å². The number of aromatic nitrogens is 3. The molecule has 1 aromatic heterocycles. The van der Waals surface area contributed by atoms with Crippen LogP contribution in [0.5, 0.6) is 0 Å². The van der Waals surface area contributed by atoms with Gasteiger partial charge in [-0.05, 0) is 13.3 Å². The van der Waals surface area contributed by atoms with Crippen molar-refractivity contribution in [1.82, 2.24) is 20.1 Å². The molecular weight excluding hydrogens is 290 g/mol. The third-order valence-electron chi connectivity index (χ3n) is 4.03. The summed E-state index contributed by atoms with van der Waals surface area (Å²) in [6, 6.07) is -0.434. The second kappa shape index (κ2) is 5.01. The molecule has 0 aliphatic carbocycles. The molecule has 0 radical (unpaired) electrons. The summed E-state index contributed by atoms with van der Waals surface area (Å²) in [5, 5.41) is 9.50. The van der Waals surface area contributed by atoms with E-state index < -0.39 is 6.04 Å². The van der Waals surface area contributed by atoms with Crippen molar-refractivity contribution in [3.8, 4) is 0 Å². The van der Waals surface area contributed by atoms with Gasteiger partial charge >= 0.3 is 0 Å². The van der Waals surface area contributed by atoms with Gasteiger partial charge in [-0.2, -0.15) is 4.98 Å². The average Bonchev–Trinajstić information content (AvgIpc) is 3.07. The van der Waals surface area contributed by atoms with E-state index in [-0.39, 0.29) is 28.6 Å². The van der Waals surface area contributed by atoms with Crippen LogP contribution in [-0.2, 0) is 9.59 Å². The predicted octanol–water partition coefficient (Wildman–Crippen LogP) is 1.32. The number of rotatable bonds is 3. The summed E-state index contributed by atoms with van der Waals surface area (Å²) in [5.74, 6) is 1.68. The van der Waals surface area contributed by atoms with E-state index in [1.165, 1.54) is 0 Å². The Kier molecular flexibility index (Phi) is 3.43. The van der Waals surface area contributed by atoms with Crippen molar-refractivity contribution in [2.75, 3.05) is 11.1 Å². The molecule has 2 saturated heterocycles. The van der Waals surface area contributed by atoms with E-state index in [1.807, 2.05) is 20.8 Å². The maximum atomic E-state index is 12.4. The van der Waals surface area contributed by atoms with Crippen molar-refractivity contribution in [2.45, 2.75) is 50.4 Å². The molecule has 3 rings (SSSR count). The minimum absolute atomic E-state index is 0.0560. The Hall–Kier alpha value is -1.57. The average molecular weight is 309 g/mol. The van der Waals surface area contributed by atoms with E-state index in [0.29, 0.717) is 12.2 Å². The Balaban J connectivity index is 1.72. The second-order valence-electron chi connectivity index (χ2n) is 5.95. The van der Waals surface area contributed by atoms with E-state index in [9.17, 15) is 9.59 Å². The molecule has 1 aromatic rings. The van der Waals surface area contributed by atoms with E-state index in [2.05, 4.69) is 20.5 Å². The van der Waals surface area contributed by atoms with Crippen molar-refractivity contribution < 1.29 is 9.59 Å². The fourth-order valence-electron chi connectivity index (χ4n) is 2.80. The summed E-state index contributed by atoms with van der Waals surface area (Å²) >= 11 is 1.67. The van der Waals surface area contributed by atoms with Gasteiger partial charge in [-0.1, -0.05) is 13.8 Å². The molecule has 0 aromatic carbocycles. The summed E-state index contributed by atoms with van der Waals surface area (Å²) in [5.41, 5.74) is 0. The molecule has 0 saturated carbocycles. The first kappa shape index (κ1) is 14.4. The van der Waals surface area contributed by atoms with Crippen LogP contribution < -0.4 is 5.32 Å². The van der Waals surface area contributed by atoms with Gasteiger partial charge in [-0.25, -0.2) is 0 Å². The van der Waals surface area contributed by atoms with Crippen LogP contribution in [-0.4, -0.2) is 48.6 Å². The normalized spacial score (nSPS) is 28.3. The summed E-state index contributed by atoms with van der Waals surface area (Å²) in [4.78, 5) is 30.2. The molecule has 114 valence electrons. The highest BCUT2D eigenvalue weighted by Crippen LogP contribution is 2.47. The van der Waals surface area contributed by atoms with Crippen LogP contribution in [0.3, 0.4) is 0 Å². The highest BCUT2D eigenvalue weighted by molar-refractivity contribution is 8.01. The van der Waals surface area contributed by atoms with Crippen molar-refractivity contribution in [3.05, 3.63) is 5.82 Å². The Labute approximate surface area is 127 Å². The Morgan fingerprint density at radius 3 is 3.00 bits per heavy atom. The Morgan fingerprint density at radius 1 is 1.57 bits per heavy atom. The number of H-pyrrole nitrogens is 1. The van der Waals surface area contributed by atoms with Crippen LogP contribution in [0.4, 0.5) is 5.95 Å². The lowest BCUT2D eigenvalue weighted by molar-refractivity contribution is -0.135. The molecule has 2 fully saturated rings. The van der Waals surface area contributed by atoms with Crippen LogP contribution in [0.25, 0.3) is 0 Å². The lowest BCUT2D eigenvalue weighted by Gasteiger charge is -2.29. The van der Waals surface area contributed by atoms with Gasteiger partial charge in [0.05, 0.1) is 4.87 Å². The van der Waals surface area contributed by atoms with Gasteiger partial charge in [0, 0.05) is 18.1 Å². The number of nitrogens with zero attached hydrogens (tertiary/aromatic N) is 3. The summed E-state index contributed by atoms with van der Waals surface area (Å²) in [7, 11) is 0. The van der Waals surface area contributed by atoms with Gasteiger partial charge in [0.1, 0.15) is 11.9 Å². The third kappa shape index (κ3) is 2.41. The fraction of sp³-hybridized carbons (Fsp3) is 0.692. The molecule has 2 N–H and O–H groups in total. The zero-order valence-electron chi connectivity index (χ0n) is 12.3. The highest BCUT2D eigenvalue weighted by atomic mass is 32.2. The van der Waals surface area contributed by atoms with Crippen molar-refractivity contribution in [3.63, 3.8) is 0 Å². The van der Waals surface area contributed by atoms with E-state index >= 15 is 0 Å². The quantitative estimate of drug-likeness (QED) is 0.878. The number of hydrogen-bond acceptors (Lipinski definition) is 5. The zero-order chi connectivity index (χ0) is 15.2. The standard InChI is InChI=1S/C13H19N5O2S/c1-7(2)10-14-12(17-16-10)15-11(20)8-6-21-13(3)5-4-9(19)18(8)13/h7-8H,4-6H2,1-3H3,(H2,14,15,16,17,20)/t8-,13-/m1/s1. The van der Waals surface area contributed by atoms with E-state index in [0.717, 1.165) is 12.2 Å². The van der Waals surface area contributed by atoms with Gasteiger partial charge in [0.2, 0.25) is 17.8 Å². The number of carbonyl (C=O) groups is 2. The number of hydrogen-bond donors (Lipinski definition) is 2. The molecule has 2 amide bonds. The van der Waals surface area contributed by atoms with E-state index in [1.54, 1.807) is 16.7 Å². The van der Waals surface area contributed by atoms with Crippen molar-refractivity contribution >= 4 is 29.5 Å². The fourth-order valence-corrected chi connectivity index (χ4v) is 4.23. The van der Waals surface area contributed by atoms with Gasteiger partial charge < -0.3 is 4.90 Å². The number of aromatic amines is 1. The molecule has 21 heavy (non-hydrogen) atoms. The Morgan fingerprint density at radius 2 is 2.33 bits per heavy atom. The first-order valence-electron chi connectivity index (χ1n) is 7.10. The van der Waals surface area contributed by atoms with Gasteiger partial charge in [0.15, 0.2) is 0 Å². The highest BCUT2D eigenvalue weighted by Gasteiger charge is 2.52. The first-order valence-corrected chi connectivity index (χ1v) is 8.08. The lowest BCUT2D eigenvalue weighted by atomic mass is 10.2. The number of anilines is 1. The maximum Gasteiger partial charge on any atom is 0.250 e. The van der Waals surface area contributed by atoms with Gasteiger partial charge in [0.25, 0.3) is 0 Å². The van der Waals surface area contributed by atoms with Crippen LogP contribution in [0, 0.1) is 0 Å². The molecule has 2 atom stereocenters. The number of fused-ring (bicyclic) bond motifs is 1. The minimum Gasteiger partial charge on any atom is -0.315 e. The van der Waals surface area contributed by atoms with Gasteiger partial charge in [-0.3, -0.25) is 20.0 Å². The molecule has 8 heteroatoms. The molecule has 0 spiro atoms. The first-order chi connectivity index (χ1) is 9.90. The number of amides is 2. The Bertz CT molecular complexity index is 587. The number of carbonyl (C=O) groups excluding carboxylic acids is 2. The van der Waals surface area contributed by atoms with Crippen LogP contribution >= 0.6 is 11.8 Å². The number of nitrogens with one attached hydrogen (secondary N) is 2. The molecule has 2 aliphatic rings. The SMILES string of the molecule is CC(C)c1nc(NC(=O)[C@H]2CS[C@]3(C)CCC(=O)N23)n[nH]1. The zero-order valence-corrected chi connectivity index (χ0v) is 13.2. The number of thioether (sulfide) groups is 1. The van der Waals surface area contributed by atoms with Crippen molar-refractivity contribution in [1.29, 1.82) is 0 Å². The van der Waals surface area contributed by atoms with E-state index in [4.69, 9.17) is 0 Å². The van der Waals surface area contributed by atoms with Crippen LogP contribution in [0.15, 0.2) is 0 Å². The maximum absolute atomic E-state index is 12.4. The topological polar surface area (TPSA) is 91.0 Å². The molecule has 7 nitrogen and oxygen atoms in total. The second-order valence-corrected chi connectivity index (χ2v) is 7.46. The molecule has 0 unspecified atom stereocenters. The predicted molar refractivity (Wildman–Crippen MR) is 79.8 cm³/mol. The lowest BCUT2D eigenvalue weighted by Crippen LogP contribution is -2.48. The van der Waals surface area contributed by atoms with Crippen LogP contribution in [0.1, 0.15) is 45.4 Å². The van der Waals surface area contributed by atoms with Crippen LogP contribution in [0.2, 0.25) is 0 Å².